The summed E-state index contributed by atoms with van der Waals surface area (Å²) >= 11 is 35.2. The van der Waals surface area contributed by atoms with Gasteiger partial charge in [-0.05, 0) is 31.2 Å². The fourth-order valence-electron chi connectivity index (χ4n) is 1.88. The fraction of sp³-hybridized carbons (Fsp3) is 0.294. The predicted octanol–water partition coefficient (Wildman–Crippen LogP) is 5.69. The number of nitrogens with zero attached hydrogens (tertiary/aromatic N) is 3. The Morgan fingerprint density at radius 3 is 1.90 bits per heavy atom. The Balaban J connectivity index is 2.16. The maximum Gasteiger partial charge on any atom is 0.333 e. The number of rotatable bonds is 6. The van der Waals surface area contributed by atoms with E-state index in [9.17, 15) is 4.79 Å². The van der Waals surface area contributed by atoms with Gasteiger partial charge in [0.05, 0.1) is 0 Å². The molecule has 0 saturated heterocycles. The van der Waals surface area contributed by atoms with Crippen molar-refractivity contribution < 1.29 is 14.3 Å². The SMILES string of the molecule is C=C(C)C(=O)OCCOc1ccc(-c2nc(C(Cl)(Cl)Cl)nc(C(Cl)(Cl)Cl)n2)cc1. The summed E-state index contributed by atoms with van der Waals surface area (Å²) in [6, 6.07) is 6.64. The average Bonchev–Trinajstić information content (AvgIpc) is 2.63. The highest BCUT2D eigenvalue weighted by atomic mass is 35.6. The Kier molecular flexibility index (Phi) is 8.24. The highest BCUT2D eigenvalue weighted by Gasteiger charge is 2.34. The molecule has 0 radical (unpaired) electrons. The summed E-state index contributed by atoms with van der Waals surface area (Å²) in [5.74, 6) is -0.183. The number of benzene rings is 1. The van der Waals surface area contributed by atoms with Crippen LogP contribution in [-0.2, 0) is 17.1 Å². The summed E-state index contributed by atoms with van der Waals surface area (Å²) in [6.45, 7) is 5.30. The van der Waals surface area contributed by atoms with Gasteiger partial charge >= 0.3 is 5.97 Å². The van der Waals surface area contributed by atoms with Gasteiger partial charge in [-0.2, -0.15) is 0 Å². The van der Waals surface area contributed by atoms with Gasteiger partial charge in [-0.15, -0.1) is 0 Å². The van der Waals surface area contributed by atoms with E-state index in [1.54, 1.807) is 31.2 Å². The molecular formula is C17H13Cl6N3O3. The van der Waals surface area contributed by atoms with Gasteiger partial charge < -0.3 is 9.47 Å². The Morgan fingerprint density at radius 1 is 0.931 bits per heavy atom. The van der Waals surface area contributed by atoms with Gasteiger partial charge in [0.25, 0.3) is 0 Å². The van der Waals surface area contributed by atoms with Gasteiger partial charge in [0, 0.05) is 11.1 Å². The molecule has 0 fully saturated rings. The van der Waals surface area contributed by atoms with Crippen LogP contribution in [0.2, 0.25) is 0 Å². The van der Waals surface area contributed by atoms with Crippen molar-refractivity contribution in [2.75, 3.05) is 13.2 Å². The number of ether oxygens (including phenoxy) is 2. The molecular weight excluding hydrogens is 507 g/mol. The Labute approximate surface area is 197 Å². The maximum atomic E-state index is 11.3. The quantitative estimate of drug-likeness (QED) is 0.211. The van der Waals surface area contributed by atoms with Crippen LogP contribution in [0.15, 0.2) is 36.4 Å². The van der Waals surface area contributed by atoms with Gasteiger partial charge in [-0.1, -0.05) is 76.2 Å². The van der Waals surface area contributed by atoms with Crippen molar-refractivity contribution in [2.24, 2.45) is 0 Å². The van der Waals surface area contributed by atoms with Crippen molar-refractivity contribution in [3.8, 4) is 17.1 Å². The van der Waals surface area contributed by atoms with E-state index in [1.807, 2.05) is 0 Å². The molecule has 0 aliphatic heterocycles. The molecule has 12 heteroatoms. The Bertz CT molecular complexity index is 863. The zero-order chi connectivity index (χ0) is 21.8. The molecule has 2 rings (SSSR count). The maximum absolute atomic E-state index is 11.3. The number of carbonyl (C=O) groups excluding carboxylic acids is 1. The van der Waals surface area contributed by atoms with E-state index in [2.05, 4.69) is 21.5 Å². The third kappa shape index (κ3) is 7.31. The minimum atomic E-state index is -1.94. The number of hydrogen-bond acceptors (Lipinski definition) is 6. The van der Waals surface area contributed by atoms with Crippen molar-refractivity contribution in [1.29, 1.82) is 0 Å². The molecule has 0 N–H and O–H groups in total. The van der Waals surface area contributed by atoms with Crippen LogP contribution < -0.4 is 4.74 Å². The van der Waals surface area contributed by atoms with E-state index in [-0.39, 0.29) is 30.7 Å². The first-order valence-electron chi connectivity index (χ1n) is 7.84. The van der Waals surface area contributed by atoms with Crippen LogP contribution >= 0.6 is 69.6 Å². The highest BCUT2D eigenvalue weighted by Crippen LogP contribution is 2.40. The second kappa shape index (κ2) is 9.86. The predicted molar refractivity (Wildman–Crippen MR) is 115 cm³/mol. The molecule has 1 heterocycles. The molecule has 0 amide bonds. The molecule has 0 atom stereocenters. The van der Waals surface area contributed by atoms with Gasteiger partial charge in [-0.3, -0.25) is 0 Å². The molecule has 6 nitrogen and oxygen atoms in total. The van der Waals surface area contributed by atoms with Crippen LogP contribution in [0.3, 0.4) is 0 Å². The number of alkyl halides is 6. The van der Waals surface area contributed by atoms with Crippen molar-refractivity contribution >= 4 is 75.6 Å². The largest absolute Gasteiger partial charge is 0.490 e. The molecule has 0 saturated carbocycles. The van der Waals surface area contributed by atoms with E-state index < -0.39 is 13.6 Å². The Morgan fingerprint density at radius 2 is 1.45 bits per heavy atom. The van der Waals surface area contributed by atoms with Crippen LogP contribution in [0.4, 0.5) is 0 Å². The topological polar surface area (TPSA) is 74.2 Å². The number of halogens is 6. The van der Waals surface area contributed by atoms with E-state index in [0.717, 1.165) is 0 Å². The van der Waals surface area contributed by atoms with E-state index in [1.165, 1.54) is 0 Å². The van der Waals surface area contributed by atoms with Crippen LogP contribution in [-0.4, -0.2) is 34.1 Å². The number of carbonyl (C=O) groups is 1. The summed E-state index contributed by atoms with van der Waals surface area (Å²) in [5, 5.41) is 0. The monoisotopic (exact) mass is 517 g/mol. The zero-order valence-electron chi connectivity index (χ0n) is 14.8. The Hall–Kier alpha value is -1.02. The summed E-state index contributed by atoms with van der Waals surface area (Å²) in [7, 11) is 0. The lowest BCUT2D eigenvalue weighted by Gasteiger charge is -2.15. The lowest BCUT2D eigenvalue weighted by atomic mass is 10.2. The van der Waals surface area contributed by atoms with Crippen molar-refractivity contribution in [3.63, 3.8) is 0 Å². The molecule has 0 unspecified atom stereocenters. The molecule has 156 valence electrons. The van der Waals surface area contributed by atoms with Crippen LogP contribution in [0, 0.1) is 0 Å². The van der Waals surface area contributed by atoms with E-state index in [0.29, 0.717) is 16.9 Å². The van der Waals surface area contributed by atoms with Gasteiger partial charge in [0.1, 0.15) is 19.0 Å². The first kappa shape index (κ1) is 24.3. The summed E-state index contributed by atoms with van der Waals surface area (Å²) in [6.07, 6.45) is 0. The number of esters is 1. The van der Waals surface area contributed by atoms with Crippen molar-refractivity contribution in [3.05, 3.63) is 48.1 Å². The minimum Gasteiger partial charge on any atom is -0.490 e. The van der Waals surface area contributed by atoms with Crippen LogP contribution in [0.5, 0.6) is 5.75 Å². The second-order valence-corrected chi connectivity index (χ2v) is 10.2. The molecule has 1 aromatic heterocycles. The number of aromatic nitrogens is 3. The van der Waals surface area contributed by atoms with E-state index >= 15 is 0 Å². The molecule has 29 heavy (non-hydrogen) atoms. The lowest BCUT2D eigenvalue weighted by Crippen LogP contribution is -2.16. The third-order valence-corrected chi connectivity index (χ3v) is 4.20. The molecule has 0 bridgehead atoms. The van der Waals surface area contributed by atoms with Crippen LogP contribution in [0.1, 0.15) is 18.6 Å². The molecule has 0 spiro atoms. The molecule has 0 aliphatic carbocycles. The van der Waals surface area contributed by atoms with Crippen LogP contribution in [0.25, 0.3) is 11.4 Å². The van der Waals surface area contributed by atoms with Gasteiger partial charge in [-0.25, -0.2) is 19.7 Å². The molecule has 2 aromatic rings. The van der Waals surface area contributed by atoms with Crippen molar-refractivity contribution in [1.82, 2.24) is 15.0 Å². The number of hydrogen-bond donors (Lipinski definition) is 0. The smallest absolute Gasteiger partial charge is 0.333 e. The first-order chi connectivity index (χ1) is 13.4. The lowest BCUT2D eigenvalue weighted by molar-refractivity contribution is -0.139. The normalized spacial score (nSPS) is 11.8. The second-order valence-electron chi connectivity index (χ2n) is 5.59. The highest BCUT2D eigenvalue weighted by molar-refractivity contribution is 6.67. The third-order valence-electron chi connectivity index (χ3n) is 3.19. The molecule has 0 aliphatic rings. The minimum absolute atomic E-state index is 0.0835. The zero-order valence-corrected chi connectivity index (χ0v) is 19.3. The van der Waals surface area contributed by atoms with Crippen molar-refractivity contribution in [2.45, 2.75) is 14.5 Å². The molecule has 1 aromatic carbocycles. The first-order valence-corrected chi connectivity index (χ1v) is 10.1. The standard InChI is InChI=1S/C17H13Cl6N3O3/c1-9(2)13(27)29-8-7-28-11-5-3-10(4-6-11)12-24-14(16(18,19)20)26-15(25-12)17(21,22)23/h3-6H,1,7-8H2,2H3. The van der Waals surface area contributed by atoms with Gasteiger partial charge in [0.2, 0.25) is 7.59 Å². The summed E-state index contributed by atoms with van der Waals surface area (Å²) in [4.78, 5) is 23.5. The van der Waals surface area contributed by atoms with Gasteiger partial charge in [0.15, 0.2) is 17.5 Å². The summed E-state index contributed by atoms with van der Waals surface area (Å²) < 4.78 is 6.56. The average molecular weight is 520 g/mol. The van der Waals surface area contributed by atoms with E-state index in [4.69, 9.17) is 79.1 Å². The summed E-state index contributed by atoms with van der Waals surface area (Å²) in [5.41, 5.74) is 0.856. The fourth-order valence-corrected chi connectivity index (χ4v) is 2.38.